The minimum absolute atomic E-state index is 0.133. The van der Waals surface area contributed by atoms with Gasteiger partial charge in [0.1, 0.15) is 11.6 Å². The van der Waals surface area contributed by atoms with Gasteiger partial charge in [-0.25, -0.2) is 9.37 Å². The smallest absolute Gasteiger partial charge is 0.223 e. The third kappa shape index (κ3) is 6.04. The summed E-state index contributed by atoms with van der Waals surface area (Å²) in [6, 6.07) is 16.5. The number of aromatic nitrogens is 2. The van der Waals surface area contributed by atoms with Crippen molar-refractivity contribution < 1.29 is 9.13 Å². The number of hydrogen-bond donors (Lipinski definition) is 0. The van der Waals surface area contributed by atoms with E-state index in [9.17, 15) is 4.39 Å². The van der Waals surface area contributed by atoms with Crippen LogP contribution in [-0.4, -0.2) is 9.97 Å². The summed E-state index contributed by atoms with van der Waals surface area (Å²) >= 11 is 1.52. The second-order valence-electron chi connectivity index (χ2n) is 8.37. The van der Waals surface area contributed by atoms with Gasteiger partial charge < -0.3 is 4.74 Å². The fourth-order valence-corrected chi connectivity index (χ4v) is 3.50. The summed E-state index contributed by atoms with van der Waals surface area (Å²) in [6.45, 7) is 10.7. The lowest BCUT2D eigenvalue weighted by Crippen LogP contribution is -2.14. The molecule has 5 heteroatoms. The third-order valence-electron chi connectivity index (χ3n) is 4.48. The van der Waals surface area contributed by atoms with Crippen LogP contribution >= 0.6 is 11.8 Å². The summed E-state index contributed by atoms with van der Waals surface area (Å²) in [5.41, 5.74) is 3.03. The van der Waals surface area contributed by atoms with Crippen molar-refractivity contribution >= 4 is 11.8 Å². The van der Waals surface area contributed by atoms with Crippen LogP contribution in [0.5, 0.6) is 11.6 Å². The van der Waals surface area contributed by atoms with Gasteiger partial charge in [0.25, 0.3) is 0 Å². The van der Waals surface area contributed by atoms with Gasteiger partial charge in [0, 0.05) is 17.2 Å². The first-order valence-electron chi connectivity index (χ1n) is 9.75. The maximum Gasteiger partial charge on any atom is 0.223 e. The van der Waals surface area contributed by atoms with Gasteiger partial charge in [0.2, 0.25) is 5.88 Å². The molecule has 0 aliphatic heterocycles. The van der Waals surface area contributed by atoms with Crippen molar-refractivity contribution in [1.82, 2.24) is 9.97 Å². The number of rotatable bonds is 6. The quantitative estimate of drug-likeness (QED) is 0.320. The lowest BCUT2D eigenvalue weighted by Gasteiger charge is -2.19. The average molecular weight is 411 g/mol. The first kappa shape index (κ1) is 21.3. The van der Waals surface area contributed by atoms with E-state index in [0.717, 1.165) is 17.0 Å². The Balaban J connectivity index is 1.85. The fraction of sp³-hybridized carbons (Fsp3) is 0.333. The lowest BCUT2D eigenvalue weighted by molar-refractivity contribution is 0.446. The Morgan fingerprint density at radius 2 is 1.72 bits per heavy atom. The van der Waals surface area contributed by atoms with E-state index < -0.39 is 0 Å². The van der Waals surface area contributed by atoms with Gasteiger partial charge in [-0.2, -0.15) is 4.98 Å². The van der Waals surface area contributed by atoms with E-state index in [4.69, 9.17) is 9.72 Å². The van der Waals surface area contributed by atoms with Gasteiger partial charge in [-0.15, -0.1) is 0 Å². The molecule has 2 aromatic carbocycles. The third-order valence-corrected chi connectivity index (χ3v) is 5.40. The topological polar surface area (TPSA) is 35.0 Å². The van der Waals surface area contributed by atoms with Crippen LogP contribution in [0.1, 0.15) is 57.4 Å². The summed E-state index contributed by atoms with van der Waals surface area (Å²) in [5, 5.41) is 0.650. The van der Waals surface area contributed by atoms with Crippen molar-refractivity contribution in [2.45, 2.75) is 56.9 Å². The zero-order valence-corrected chi connectivity index (χ0v) is 18.4. The van der Waals surface area contributed by atoms with E-state index in [1.54, 1.807) is 12.1 Å². The Morgan fingerprint density at radius 1 is 1.00 bits per heavy atom. The molecule has 0 N–H and O–H groups in total. The Labute approximate surface area is 176 Å². The molecule has 3 rings (SSSR count). The van der Waals surface area contributed by atoms with Crippen molar-refractivity contribution in [3.8, 4) is 11.6 Å². The Kier molecular flexibility index (Phi) is 6.58. The predicted octanol–water partition coefficient (Wildman–Crippen LogP) is 7.12. The van der Waals surface area contributed by atoms with Gasteiger partial charge in [-0.1, -0.05) is 70.6 Å². The van der Waals surface area contributed by atoms with Crippen LogP contribution in [-0.2, 0) is 11.2 Å². The minimum Gasteiger partial charge on any atom is -0.439 e. The highest BCUT2D eigenvalue weighted by molar-refractivity contribution is 7.98. The maximum atomic E-state index is 13.1. The molecular weight excluding hydrogens is 383 g/mol. The molecule has 0 spiro atoms. The monoisotopic (exact) mass is 410 g/mol. The summed E-state index contributed by atoms with van der Waals surface area (Å²) in [6.07, 6.45) is 0. The highest BCUT2D eigenvalue weighted by atomic mass is 32.2. The Hall–Kier alpha value is -2.40. The molecular formula is C24H27FN2OS. The molecule has 0 amide bonds. The molecule has 0 aliphatic rings. The van der Waals surface area contributed by atoms with Crippen LogP contribution in [0.2, 0.25) is 0 Å². The summed E-state index contributed by atoms with van der Waals surface area (Å²) in [4.78, 5) is 9.33. The summed E-state index contributed by atoms with van der Waals surface area (Å²) in [7, 11) is 0. The molecule has 0 fully saturated rings. The predicted molar refractivity (Wildman–Crippen MR) is 117 cm³/mol. The molecule has 0 saturated carbocycles. The van der Waals surface area contributed by atoms with Crippen LogP contribution in [0.4, 0.5) is 4.39 Å². The molecule has 3 nitrogen and oxygen atoms in total. The van der Waals surface area contributed by atoms with Crippen molar-refractivity contribution in [3.05, 3.63) is 77.2 Å². The molecule has 0 saturated heterocycles. The van der Waals surface area contributed by atoms with Crippen molar-refractivity contribution in [2.75, 3.05) is 0 Å². The SMILES string of the molecule is CC(C)c1cccc(Oc2cc(C(C)(C)C)nc(SCc3ccc(F)cc3)n2)c1. The molecule has 0 atom stereocenters. The van der Waals surface area contributed by atoms with E-state index >= 15 is 0 Å². The zero-order valence-electron chi connectivity index (χ0n) is 17.6. The maximum absolute atomic E-state index is 13.1. The average Bonchev–Trinajstić information content (AvgIpc) is 2.67. The number of ether oxygens (including phenoxy) is 1. The number of halogens is 1. The highest BCUT2D eigenvalue weighted by Crippen LogP contribution is 2.30. The molecule has 29 heavy (non-hydrogen) atoms. The molecule has 0 radical (unpaired) electrons. The van der Waals surface area contributed by atoms with Crippen LogP contribution in [0.15, 0.2) is 59.8 Å². The molecule has 1 heterocycles. The van der Waals surface area contributed by atoms with Gasteiger partial charge in [-0.3, -0.25) is 0 Å². The second kappa shape index (κ2) is 8.95. The van der Waals surface area contributed by atoms with Crippen LogP contribution in [0.3, 0.4) is 0 Å². The second-order valence-corrected chi connectivity index (χ2v) is 9.31. The molecule has 3 aromatic rings. The molecule has 0 unspecified atom stereocenters. The summed E-state index contributed by atoms with van der Waals surface area (Å²) < 4.78 is 19.2. The van der Waals surface area contributed by atoms with Gasteiger partial charge in [-0.05, 0) is 41.3 Å². The highest BCUT2D eigenvalue weighted by Gasteiger charge is 2.19. The van der Waals surface area contributed by atoms with E-state index in [2.05, 4.69) is 51.7 Å². The molecule has 152 valence electrons. The lowest BCUT2D eigenvalue weighted by atomic mass is 9.92. The van der Waals surface area contributed by atoms with Crippen molar-refractivity contribution in [2.24, 2.45) is 0 Å². The van der Waals surface area contributed by atoms with Crippen LogP contribution < -0.4 is 4.74 Å². The number of nitrogens with zero attached hydrogens (tertiary/aromatic N) is 2. The number of hydrogen-bond acceptors (Lipinski definition) is 4. The number of benzene rings is 2. The standard InChI is InChI=1S/C24H27FN2OS/c1-16(2)18-7-6-8-20(13-18)28-22-14-21(24(3,4)5)26-23(27-22)29-15-17-9-11-19(25)12-10-17/h6-14,16H,15H2,1-5H3. The zero-order chi connectivity index (χ0) is 21.0. The van der Waals surface area contributed by atoms with E-state index in [0.29, 0.717) is 22.7 Å². The first-order valence-corrected chi connectivity index (χ1v) is 10.7. The Bertz CT molecular complexity index is 965. The van der Waals surface area contributed by atoms with E-state index in [1.165, 1.54) is 29.5 Å². The van der Waals surface area contributed by atoms with E-state index in [-0.39, 0.29) is 11.2 Å². The molecule has 0 aliphatic carbocycles. The van der Waals surface area contributed by atoms with Gasteiger partial charge >= 0.3 is 0 Å². The molecule has 1 aromatic heterocycles. The van der Waals surface area contributed by atoms with Crippen LogP contribution in [0.25, 0.3) is 0 Å². The molecule has 0 bridgehead atoms. The van der Waals surface area contributed by atoms with Gasteiger partial charge in [0.05, 0.1) is 5.69 Å². The van der Waals surface area contributed by atoms with Crippen molar-refractivity contribution in [1.29, 1.82) is 0 Å². The minimum atomic E-state index is -0.232. The van der Waals surface area contributed by atoms with Crippen LogP contribution in [0, 0.1) is 5.82 Å². The van der Waals surface area contributed by atoms with Crippen molar-refractivity contribution in [3.63, 3.8) is 0 Å². The van der Waals surface area contributed by atoms with Gasteiger partial charge in [0.15, 0.2) is 5.16 Å². The first-order chi connectivity index (χ1) is 13.7. The number of thioether (sulfide) groups is 1. The Morgan fingerprint density at radius 3 is 2.38 bits per heavy atom. The summed E-state index contributed by atoms with van der Waals surface area (Å²) in [5.74, 6) is 2.16. The van der Waals surface area contributed by atoms with E-state index in [1.807, 2.05) is 18.2 Å². The fourth-order valence-electron chi connectivity index (χ4n) is 2.69. The normalized spacial score (nSPS) is 11.7. The largest absolute Gasteiger partial charge is 0.439 e.